The molecule has 4 nitrogen and oxygen atoms in total. The van der Waals surface area contributed by atoms with Crippen LogP contribution in [-0.2, 0) is 0 Å². The van der Waals surface area contributed by atoms with E-state index in [2.05, 4.69) is 57.2 Å². The van der Waals surface area contributed by atoms with Gasteiger partial charge in [0.05, 0.1) is 23.8 Å². The van der Waals surface area contributed by atoms with Crippen LogP contribution in [0, 0.1) is 6.92 Å². The highest BCUT2D eigenvalue weighted by Gasteiger charge is 2.11. The highest BCUT2D eigenvalue weighted by Crippen LogP contribution is 2.24. The van der Waals surface area contributed by atoms with E-state index in [-0.39, 0.29) is 6.04 Å². The van der Waals surface area contributed by atoms with Crippen LogP contribution in [0.2, 0.25) is 0 Å². The zero-order valence-electron chi connectivity index (χ0n) is 11.1. The average Bonchev–Trinajstić information content (AvgIpc) is 2.41. The number of ether oxygens (including phenoxy) is 1. The van der Waals surface area contributed by atoms with Crippen LogP contribution in [0.4, 0.5) is 5.95 Å². The Kier molecular flexibility index (Phi) is 4.37. The second kappa shape index (κ2) is 6.02. The van der Waals surface area contributed by atoms with Gasteiger partial charge >= 0.3 is 0 Å². The van der Waals surface area contributed by atoms with Gasteiger partial charge in [0, 0.05) is 0 Å². The minimum Gasteiger partial charge on any atom is -0.480 e. The Morgan fingerprint density at radius 3 is 2.74 bits per heavy atom. The number of anilines is 1. The van der Waals surface area contributed by atoms with Crippen LogP contribution in [0.15, 0.2) is 34.9 Å². The highest BCUT2D eigenvalue weighted by molar-refractivity contribution is 9.10. The maximum absolute atomic E-state index is 5.16. The number of aryl methyl sites for hydroxylation is 1. The number of methoxy groups -OCH3 is 1. The lowest BCUT2D eigenvalue weighted by Gasteiger charge is -2.16. The number of hydrogen-bond donors (Lipinski definition) is 1. The van der Waals surface area contributed by atoms with Gasteiger partial charge in [-0.05, 0) is 40.9 Å². The number of nitrogens with one attached hydrogen (secondary N) is 1. The minimum atomic E-state index is 0.132. The molecule has 1 N–H and O–H groups in total. The summed E-state index contributed by atoms with van der Waals surface area (Å²) in [5.74, 6) is 1.07. The summed E-state index contributed by atoms with van der Waals surface area (Å²) in [6.07, 6.45) is 1.68. The van der Waals surface area contributed by atoms with E-state index in [1.165, 1.54) is 11.1 Å². The molecule has 0 saturated carbocycles. The molecule has 0 aliphatic rings. The van der Waals surface area contributed by atoms with E-state index in [9.17, 15) is 0 Å². The molecule has 5 heteroatoms. The van der Waals surface area contributed by atoms with E-state index < -0.39 is 0 Å². The standard InChI is InChI=1S/C14H16BrN3O/c1-9-6-4-5-7-11(9)10(2)17-14-16-8-12(15)13(18-14)19-3/h4-8,10H,1-3H3,(H,16,17,18). The van der Waals surface area contributed by atoms with Crippen LogP contribution in [0.1, 0.15) is 24.1 Å². The van der Waals surface area contributed by atoms with Gasteiger partial charge in [-0.1, -0.05) is 24.3 Å². The van der Waals surface area contributed by atoms with Gasteiger partial charge in [-0.2, -0.15) is 4.98 Å². The molecule has 0 aliphatic heterocycles. The average molecular weight is 322 g/mol. The predicted octanol–water partition coefficient (Wildman–Crippen LogP) is 3.73. The molecule has 0 aliphatic carbocycles. The fourth-order valence-electron chi connectivity index (χ4n) is 1.91. The first-order chi connectivity index (χ1) is 9.11. The molecule has 0 amide bonds. The van der Waals surface area contributed by atoms with Gasteiger partial charge in [0.25, 0.3) is 0 Å². The van der Waals surface area contributed by atoms with Crippen molar-refractivity contribution in [3.05, 3.63) is 46.1 Å². The number of nitrogens with zero attached hydrogens (tertiary/aromatic N) is 2. The number of aromatic nitrogens is 2. The van der Waals surface area contributed by atoms with Gasteiger partial charge in [-0.25, -0.2) is 4.98 Å². The molecule has 2 aromatic rings. The van der Waals surface area contributed by atoms with Crippen molar-refractivity contribution in [1.82, 2.24) is 9.97 Å². The maximum Gasteiger partial charge on any atom is 0.232 e. The third-order valence-corrected chi connectivity index (χ3v) is 3.45. The Morgan fingerprint density at radius 2 is 2.05 bits per heavy atom. The van der Waals surface area contributed by atoms with Crippen molar-refractivity contribution in [2.24, 2.45) is 0 Å². The third-order valence-electron chi connectivity index (χ3n) is 2.91. The number of halogens is 1. The molecule has 0 spiro atoms. The van der Waals surface area contributed by atoms with Crippen LogP contribution in [0.3, 0.4) is 0 Å². The first-order valence-corrected chi connectivity index (χ1v) is 6.79. The summed E-state index contributed by atoms with van der Waals surface area (Å²) in [5, 5.41) is 3.28. The van der Waals surface area contributed by atoms with Crippen molar-refractivity contribution in [2.45, 2.75) is 19.9 Å². The van der Waals surface area contributed by atoms with Crippen molar-refractivity contribution in [1.29, 1.82) is 0 Å². The van der Waals surface area contributed by atoms with Crippen molar-refractivity contribution in [3.8, 4) is 5.88 Å². The van der Waals surface area contributed by atoms with Gasteiger partial charge in [0.15, 0.2) is 0 Å². The zero-order valence-corrected chi connectivity index (χ0v) is 12.7. The maximum atomic E-state index is 5.16. The summed E-state index contributed by atoms with van der Waals surface area (Å²) in [6, 6.07) is 8.39. The molecule has 1 aromatic carbocycles. The zero-order chi connectivity index (χ0) is 13.8. The topological polar surface area (TPSA) is 47.0 Å². The molecule has 1 unspecified atom stereocenters. The van der Waals surface area contributed by atoms with Crippen LogP contribution in [0.5, 0.6) is 5.88 Å². The van der Waals surface area contributed by atoms with Crippen molar-refractivity contribution < 1.29 is 4.74 Å². The third kappa shape index (κ3) is 3.23. The molecule has 100 valence electrons. The molecule has 1 atom stereocenters. The Hall–Kier alpha value is -1.62. The van der Waals surface area contributed by atoms with Crippen molar-refractivity contribution in [3.63, 3.8) is 0 Å². The quantitative estimate of drug-likeness (QED) is 0.932. The van der Waals surface area contributed by atoms with E-state index in [1.54, 1.807) is 13.3 Å². The lowest BCUT2D eigenvalue weighted by Crippen LogP contribution is -2.11. The predicted molar refractivity (Wildman–Crippen MR) is 79.5 cm³/mol. The Bertz CT molecular complexity index is 574. The van der Waals surface area contributed by atoms with E-state index in [4.69, 9.17) is 4.74 Å². The normalized spacial score (nSPS) is 12.0. The Labute approximate surface area is 121 Å². The van der Waals surface area contributed by atoms with Gasteiger partial charge in [0.2, 0.25) is 11.8 Å². The van der Waals surface area contributed by atoms with Gasteiger partial charge < -0.3 is 10.1 Å². The fraction of sp³-hybridized carbons (Fsp3) is 0.286. The molecule has 0 radical (unpaired) electrons. The molecule has 2 rings (SSSR count). The first-order valence-electron chi connectivity index (χ1n) is 6.00. The minimum absolute atomic E-state index is 0.132. The van der Waals surface area contributed by atoms with Crippen LogP contribution < -0.4 is 10.1 Å². The molecular weight excluding hydrogens is 306 g/mol. The second-order valence-electron chi connectivity index (χ2n) is 4.27. The fourth-order valence-corrected chi connectivity index (χ4v) is 2.26. The SMILES string of the molecule is COc1nc(NC(C)c2ccccc2C)ncc1Br. The Balaban J connectivity index is 2.19. The first kappa shape index (κ1) is 13.8. The number of benzene rings is 1. The van der Waals surface area contributed by atoms with Crippen molar-refractivity contribution in [2.75, 3.05) is 12.4 Å². The monoisotopic (exact) mass is 321 g/mol. The molecule has 1 aromatic heterocycles. The summed E-state index contributed by atoms with van der Waals surface area (Å²) < 4.78 is 5.90. The Morgan fingerprint density at radius 1 is 1.32 bits per heavy atom. The smallest absolute Gasteiger partial charge is 0.232 e. The van der Waals surface area contributed by atoms with Crippen LogP contribution >= 0.6 is 15.9 Å². The number of rotatable bonds is 4. The summed E-state index contributed by atoms with van der Waals surface area (Å²) in [4.78, 5) is 8.53. The van der Waals surface area contributed by atoms with E-state index in [1.807, 2.05) is 12.1 Å². The molecule has 1 heterocycles. The van der Waals surface area contributed by atoms with E-state index in [0.29, 0.717) is 11.8 Å². The largest absolute Gasteiger partial charge is 0.480 e. The van der Waals surface area contributed by atoms with Crippen LogP contribution in [-0.4, -0.2) is 17.1 Å². The van der Waals surface area contributed by atoms with Gasteiger partial charge in [-0.15, -0.1) is 0 Å². The summed E-state index contributed by atoms with van der Waals surface area (Å²) >= 11 is 3.34. The molecule has 0 saturated heterocycles. The second-order valence-corrected chi connectivity index (χ2v) is 5.13. The highest BCUT2D eigenvalue weighted by atomic mass is 79.9. The summed E-state index contributed by atoms with van der Waals surface area (Å²) in [7, 11) is 1.58. The lowest BCUT2D eigenvalue weighted by atomic mass is 10.0. The van der Waals surface area contributed by atoms with E-state index >= 15 is 0 Å². The molecule has 19 heavy (non-hydrogen) atoms. The van der Waals surface area contributed by atoms with Gasteiger partial charge in [0.1, 0.15) is 0 Å². The van der Waals surface area contributed by atoms with E-state index in [0.717, 1.165) is 4.47 Å². The van der Waals surface area contributed by atoms with Crippen LogP contribution in [0.25, 0.3) is 0 Å². The lowest BCUT2D eigenvalue weighted by molar-refractivity contribution is 0.394. The number of hydrogen-bond acceptors (Lipinski definition) is 4. The summed E-state index contributed by atoms with van der Waals surface area (Å²) in [5.41, 5.74) is 2.47. The summed E-state index contributed by atoms with van der Waals surface area (Å²) in [6.45, 7) is 4.18. The molecule has 0 fully saturated rings. The van der Waals surface area contributed by atoms with Gasteiger partial charge in [-0.3, -0.25) is 0 Å². The molecular formula is C14H16BrN3O. The van der Waals surface area contributed by atoms with Crippen molar-refractivity contribution >= 4 is 21.9 Å². The molecule has 0 bridgehead atoms.